The molecule has 0 atom stereocenters. The van der Waals surface area contributed by atoms with Crippen molar-refractivity contribution >= 4 is 34.0 Å². The maximum absolute atomic E-state index is 14.1. The molecule has 0 radical (unpaired) electrons. The number of fused-ring (bicyclic) bond motifs is 1. The van der Waals surface area contributed by atoms with Crippen molar-refractivity contribution < 1.29 is 14.0 Å². The van der Waals surface area contributed by atoms with Crippen LogP contribution in [-0.2, 0) is 6.54 Å². The lowest BCUT2D eigenvalue weighted by Crippen LogP contribution is -2.28. The first-order valence-electron chi connectivity index (χ1n) is 11.3. The van der Waals surface area contributed by atoms with Gasteiger partial charge in [0.2, 0.25) is 0 Å². The molecule has 0 aliphatic heterocycles. The number of carbonyl (C=O) groups is 2. The molecule has 8 nitrogen and oxygen atoms in total. The highest BCUT2D eigenvalue weighted by atomic mass is 19.1. The molecule has 0 unspecified atom stereocenters. The van der Waals surface area contributed by atoms with Crippen molar-refractivity contribution in [3.05, 3.63) is 94.4 Å². The van der Waals surface area contributed by atoms with Gasteiger partial charge in [0.25, 0.3) is 17.4 Å². The van der Waals surface area contributed by atoms with E-state index in [1.807, 2.05) is 0 Å². The van der Waals surface area contributed by atoms with Gasteiger partial charge in [0.15, 0.2) is 5.69 Å². The number of nitrogens with one attached hydrogen (secondary N) is 2. The van der Waals surface area contributed by atoms with Crippen LogP contribution in [0.15, 0.2) is 71.7 Å². The summed E-state index contributed by atoms with van der Waals surface area (Å²) in [6.45, 7) is 2.43. The number of hydrogen-bond acceptors (Lipinski definition) is 5. The monoisotopic (exact) mass is 473 g/mol. The summed E-state index contributed by atoms with van der Waals surface area (Å²) in [5.41, 5.74) is 0.163. The van der Waals surface area contributed by atoms with Crippen molar-refractivity contribution in [2.24, 2.45) is 0 Å². The molecule has 2 heterocycles. The van der Waals surface area contributed by atoms with E-state index >= 15 is 0 Å². The van der Waals surface area contributed by atoms with Gasteiger partial charge in [0.05, 0.1) is 16.8 Å². The van der Waals surface area contributed by atoms with Crippen molar-refractivity contribution in [2.75, 3.05) is 10.6 Å². The predicted octanol–water partition coefficient (Wildman–Crippen LogP) is 4.63. The van der Waals surface area contributed by atoms with Crippen molar-refractivity contribution in [3.63, 3.8) is 0 Å². The minimum atomic E-state index is -0.635. The van der Waals surface area contributed by atoms with E-state index < -0.39 is 17.6 Å². The van der Waals surface area contributed by atoms with Gasteiger partial charge in [-0.3, -0.25) is 19.4 Å². The van der Waals surface area contributed by atoms with Crippen LogP contribution in [0.1, 0.15) is 47.2 Å². The molecule has 0 aliphatic carbocycles. The average molecular weight is 474 g/mol. The number of pyridine rings is 1. The van der Waals surface area contributed by atoms with Crippen LogP contribution in [0.5, 0.6) is 0 Å². The van der Waals surface area contributed by atoms with Gasteiger partial charge in [-0.1, -0.05) is 44.0 Å². The fourth-order valence-corrected chi connectivity index (χ4v) is 3.66. The number of benzene rings is 2. The molecule has 2 aromatic heterocycles. The Morgan fingerprint density at radius 1 is 0.914 bits per heavy atom. The molecular formula is C26H24FN5O3. The molecule has 2 N–H and O–H groups in total. The van der Waals surface area contributed by atoms with Crippen LogP contribution in [0.3, 0.4) is 0 Å². The zero-order valence-electron chi connectivity index (χ0n) is 19.1. The molecular weight excluding hydrogens is 449 g/mol. The van der Waals surface area contributed by atoms with E-state index in [0.29, 0.717) is 17.3 Å². The van der Waals surface area contributed by atoms with E-state index in [9.17, 15) is 18.8 Å². The van der Waals surface area contributed by atoms with Crippen LogP contribution in [0.2, 0.25) is 0 Å². The minimum Gasteiger partial charge on any atom is -0.319 e. The summed E-state index contributed by atoms with van der Waals surface area (Å²) in [6.07, 6.45) is 4.12. The van der Waals surface area contributed by atoms with Gasteiger partial charge in [-0.05, 0) is 42.8 Å². The van der Waals surface area contributed by atoms with Crippen LogP contribution in [-0.4, -0.2) is 26.6 Å². The van der Waals surface area contributed by atoms with E-state index in [-0.39, 0.29) is 28.3 Å². The normalized spacial score (nSPS) is 10.8. The quantitative estimate of drug-likeness (QED) is 0.363. The third-order valence-electron chi connectivity index (χ3n) is 5.43. The van der Waals surface area contributed by atoms with Gasteiger partial charge in [-0.15, -0.1) is 0 Å². The summed E-state index contributed by atoms with van der Waals surface area (Å²) in [7, 11) is 0. The highest BCUT2D eigenvalue weighted by Gasteiger charge is 2.19. The number of nitrogens with zero attached hydrogens (tertiary/aromatic N) is 3. The maximum atomic E-state index is 14.1. The number of anilines is 2. The van der Waals surface area contributed by atoms with Crippen molar-refractivity contribution in [2.45, 2.75) is 32.7 Å². The second-order valence-corrected chi connectivity index (χ2v) is 7.94. The summed E-state index contributed by atoms with van der Waals surface area (Å²) in [5, 5.41) is 10.4. The topological polar surface area (TPSA) is 106 Å². The first-order valence-corrected chi connectivity index (χ1v) is 11.3. The van der Waals surface area contributed by atoms with Crippen LogP contribution >= 0.6 is 0 Å². The van der Waals surface area contributed by atoms with Gasteiger partial charge in [-0.25, -0.2) is 9.07 Å². The lowest BCUT2D eigenvalue weighted by atomic mass is 10.1. The van der Waals surface area contributed by atoms with Crippen molar-refractivity contribution in [3.8, 4) is 0 Å². The highest BCUT2D eigenvalue weighted by molar-refractivity contribution is 6.13. The molecule has 0 saturated carbocycles. The number of hydrogen-bond donors (Lipinski definition) is 2. The fourth-order valence-electron chi connectivity index (χ4n) is 3.66. The first kappa shape index (κ1) is 23.7. The number of rotatable bonds is 8. The van der Waals surface area contributed by atoms with Crippen LogP contribution in [0.4, 0.5) is 15.8 Å². The summed E-state index contributed by atoms with van der Waals surface area (Å²) >= 11 is 0. The summed E-state index contributed by atoms with van der Waals surface area (Å²) in [5.74, 6) is -1.75. The van der Waals surface area contributed by atoms with Gasteiger partial charge in [0.1, 0.15) is 11.5 Å². The van der Waals surface area contributed by atoms with E-state index in [2.05, 4.69) is 27.6 Å². The summed E-state index contributed by atoms with van der Waals surface area (Å²) < 4.78 is 15.4. The maximum Gasteiger partial charge on any atom is 0.276 e. The molecule has 0 aliphatic rings. The molecule has 0 spiro atoms. The summed E-state index contributed by atoms with van der Waals surface area (Å²) in [6, 6.07) is 15.2. The van der Waals surface area contributed by atoms with Crippen LogP contribution in [0, 0.1) is 5.82 Å². The zero-order chi connectivity index (χ0) is 24.8. The predicted molar refractivity (Wildman–Crippen MR) is 132 cm³/mol. The average Bonchev–Trinajstić information content (AvgIpc) is 2.87. The van der Waals surface area contributed by atoms with Gasteiger partial charge in [0, 0.05) is 18.1 Å². The molecule has 0 saturated heterocycles. The Hall–Kier alpha value is -4.40. The Balaban J connectivity index is 1.68. The number of unbranched alkanes of at least 4 members (excludes halogenated alkanes) is 2. The number of aromatic nitrogens is 3. The number of aryl methyl sites for hydroxylation is 1. The second-order valence-electron chi connectivity index (χ2n) is 7.94. The molecule has 9 heteroatoms. The van der Waals surface area contributed by atoms with Crippen molar-refractivity contribution in [1.82, 2.24) is 14.8 Å². The molecule has 178 valence electrons. The number of carbonyl (C=O) groups excluding carboxylic acids is 2. The van der Waals surface area contributed by atoms with E-state index in [4.69, 9.17) is 0 Å². The number of amides is 2. The Morgan fingerprint density at radius 2 is 1.66 bits per heavy atom. The minimum absolute atomic E-state index is 0.0305. The smallest absolute Gasteiger partial charge is 0.276 e. The van der Waals surface area contributed by atoms with Crippen LogP contribution in [0.25, 0.3) is 10.8 Å². The lowest BCUT2D eigenvalue weighted by Gasteiger charge is -2.14. The van der Waals surface area contributed by atoms with E-state index in [1.54, 1.807) is 36.4 Å². The fraction of sp³-hybridized carbons (Fsp3) is 0.192. The van der Waals surface area contributed by atoms with Gasteiger partial charge < -0.3 is 10.6 Å². The standard InChI is InChI=1S/C26H24FN5O3/c1-2-3-8-15-32-26(35)19-10-5-4-9-18(19)23(31-32)25(34)30-22-16-17(27)12-13-20(22)29-24(33)21-11-6-7-14-28-21/h4-7,9-14,16H,2-3,8,15H2,1H3,(H,29,33)(H,30,34). The Labute approximate surface area is 200 Å². The van der Waals surface area contributed by atoms with Crippen molar-refractivity contribution in [1.29, 1.82) is 0 Å². The lowest BCUT2D eigenvalue weighted by molar-refractivity contribution is 0.101. The molecule has 0 fully saturated rings. The first-order chi connectivity index (χ1) is 17.0. The molecule has 0 bridgehead atoms. The largest absolute Gasteiger partial charge is 0.319 e. The molecule has 4 aromatic rings. The Kier molecular flexibility index (Phi) is 7.25. The molecule has 4 rings (SSSR count). The Morgan fingerprint density at radius 3 is 2.40 bits per heavy atom. The number of halogens is 1. The zero-order valence-corrected chi connectivity index (χ0v) is 19.1. The Bertz CT molecular complexity index is 1440. The summed E-state index contributed by atoms with van der Waals surface area (Å²) in [4.78, 5) is 42.7. The van der Waals surface area contributed by atoms with E-state index in [1.165, 1.54) is 29.1 Å². The van der Waals surface area contributed by atoms with Crippen LogP contribution < -0.4 is 16.2 Å². The third kappa shape index (κ3) is 5.40. The van der Waals surface area contributed by atoms with Gasteiger partial charge in [-0.2, -0.15) is 5.10 Å². The third-order valence-corrected chi connectivity index (χ3v) is 5.43. The molecule has 2 aromatic carbocycles. The second kappa shape index (κ2) is 10.7. The highest BCUT2D eigenvalue weighted by Crippen LogP contribution is 2.25. The molecule has 2 amide bonds. The molecule has 35 heavy (non-hydrogen) atoms. The van der Waals surface area contributed by atoms with Gasteiger partial charge >= 0.3 is 0 Å². The SMILES string of the molecule is CCCCCn1nc(C(=O)Nc2cc(F)ccc2NC(=O)c2ccccn2)c2ccccc2c1=O. The van der Waals surface area contributed by atoms with E-state index in [0.717, 1.165) is 25.3 Å².